The fourth-order valence-corrected chi connectivity index (χ4v) is 8.07. The van der Waals surface area contributed by atoms with E-state index in [1.807, 2.05) is 0 Å². The average Bonchev–Trinajstić information content (AvgIpc) is 2.68. The lowest BCUT2D eigenvalue weighted by atomic mass is 9.75. The van der Waals surface area contributed by atoms with Crippen LogP contribution in [-0.2, 0) is 30.6 Å². The number of hydrogen-bond acceptors (Lipinski definition) is 4. The second kappa shape index (κ2) is 8.09. The molecule has 4 nitrogen and oxygen atoms in total. The van der Waals surface area contributed by atoms with Crippen LogP contribution in [0.15, 0.2) is 47.4 Å². The SMILES string of the molecule is CC1CC(S(C)(=O)=O)CCC1(c1cc(F)ccc1F)S(=O)(=O)c1ccc(C(F)(F)F)cc1. The lowest BCUT2D eigenvalue weighted by Gasteiger charge is -2.44. The minimum atomic E-state index is -4.69. The van der Waals surface area contributed by atoms with Gasteiger partial charge in [0, 0.05) is 11.8 Å². The molecule has 1 aliphatic carbocycles. The summed E-state index contributed by atoms with van der Waals surface area (Å²) >= 11 is 0. The molecule has 0 spiro atoms. The molecular weight excluding hydrogens is 475 g/mol. The number of sulfone groups is 2. The molecule has 176 valence electrons. The third-order valence-corrected chi connectivity index (χ3v) is 10.5. The highest BCUT2D eigenvalue weighted by molar-refractivity contribution is 7.92. The van der Waals surface area contributed by atoms with E-state index in [0.717, 1.165) is 36.6 Å². The van der Waals surface area contributed by atoms with Gasteiger partial charge in [-0.1, -0.05) is 6.92 Å². The topological polar surface area (TPSA) is 68.3 Å². The van der Waals surface area contributed by atoms with Crippen LogP contribution >= 0.6 is 0 Å². The molecule has 2 aromatic carbocycles. The molecule has 1 saturated carbocycles. The van der Waals surface area contributed by atoms with Crippen LogP contribution in [0.3, 0.4) is 0 Å². The first-order chi connectivity index (χ1) is 14.6. The van der Waals surface area contributed by atoms with E-state index >= 15 is 0 Å². The standard InChI is InChI=1S/C21H21F5O4S2/c1-13-11-17(31(2,27)28)9-10-20(13,18-12-15(22)5-8-19(18)23)32(29,30)16-6-3-14(4-7-16)21(24,25)26/h3-8,12-13,17H,9-11H2,1-2H3. The maximum atomic E-state index is 14.9. The van der Waals surface area contributed by atoms with Crippen molar-refractivity contribution in [2.24, 2.45) is 5.92 Å². The molecule has 1 fully saturated rings. The first-order valence-corrected chi connectivity index (χ1v) is 13.1. The first kappa shape index (κ1) is 24.6. The Hall–Kier alpha value is -2.01. The molecule has 0 radical (unpaired) electrons. The number of alkyl halides is 3. The highest BCUT2D eigenvalue weighted by Crippen LogP contribution is 2.52. The molecule has 2 aromatic rings. The van der Waals surface area contributed by atoms with E-state index in [0.29, 0.717) is 12.1 Å². The summed E-state index contributed by atoms with van der Waals surface area (Å²) in [6, 6.07) is 5.14. The Kier molecular flexibility index (Phi) is 6.23. The third kappa shape index (κ3) is 4.16. The van der Waals surface area contributed by atoms with E-state index < -0.39 is 69.4 Å². The van der Waals surface area contributed by atoms with Crippen molar-refractivity contribution in [1.29, 1.82) is 0 Å². The monoisotopic (exact) mass is 496 g/mol. The van der Waals surface area contributed by atoms with Gasteiger partial charge in [0.1, 0.15) is 26.2 Å². The summed E-state index contributed by atoms with van der Waals surface area (Å²) in [6.07, 6.45) is -4.26. The molecule has 3 rings (SSSR count). The Morgan fingerprint density at radius 3 is 2.06 bits per heavy atom. The Bertz CT molecular complexity index is 1220. The molecule has 0 heterocycles. The van der Waals surface area contributed by atoms with Gasteiger partial charge in [-0.15, -0.1) is 0 Å². The molecule has 0 saturated heterocycles. The summed E-state index contributed by atoms with van der Waals surface area (Å²) in [5.74, 6) is -2.85. The molecule has 1 aliphatic rings. The molecule has 0 aliphatic heterocycles. The number of hydrogen-bond donors (Lipinski definition) is 0. The molecular formula is C21H21F5O4S2. The Morgan fingerprint density at radius 1 is 0.969 bits per heavy atom. The van der Waals surface area contributed by atoms with Crippen molar-refractivity contribution in [1.82, 2.24) is 0 Å². The second-order valence-electron chi connectivity index (χ2n) is 8.17. The van der Waals surface area contributed by atoms with Gasteiger partial charge in [0.15, 0.2) is 9.84 Å². The van der Waals surface area contributed by atoms with Crippen LogP contribution in [0.25, 0.3) is 0 Å². The molecule has 0 aromatic heterocycles. The van der Waals surface area contributed by atoms with Crippen LogP contribution in [0, 0.1) is 17.6 Å². The number of rotatable bonds is 4. The average molecular weight is 497 g/mol. The quantitative estimate of drug-likeness (QED) is 0.566. The minimum Gasteiger partial charge on any atom is -0.229 e. The van der Waals surface area contributed by atoms with E-state index in [-0.39, 0.29) is 19.3 Å². The van der Waals surface area contributed by atoms with Crippen molar-refractivity contribution < 1.29 is 38.8 Å². The largest absolute Gasteiger partial charge is 0.416 e. The highest BCUT2D eigenvalue weighted by Gasteiger charge is 2.55. The zero-order chi connectivity index (χ0) is 24.1. The predicted molar refractivity (Wildman–Crippen MR) is 108 cm³/mol. The molecule has 3 atom stereocenters. The summed E-state index contributed by atoms with van der Waals surface area (Å²) in [5, 5.41) is -0.870. The molecule has 0 bridgehead atoms. The van der Waals surface area contributed by atoms with E-state index in [4.69, 9.17) is 0 Å². The van der Waals surface area contributed by atoms with Gasteiger partial charge in [-0.25, -0.2) is 25.6 Å². The molecule has 11 heteroatoms. The first-order valence-electron chi connectivity index (χ1n) is 9.67. The molecule has 0 N–H and O–H groups in total. The van der Waals surface area contributed by atoms with Crippen molar-refractivity contribution >= 4 is 19.7 Å². The van der Waals surface area contributed by atoms with Crippen molar-refractivity contribution in [2.75, 3.05) is 6.26 Å². The third-order valence-electron chi connectivity index (χ3n) is 6.21. The van der Waals surface area contributed by atoms with Gasteiger partial charge in [-0.2, -0.15) is 13.2 Å². The Morgan fingerprint density at radius 2 is 1.56 bits per heavy atom. The molecule has 3 unspecified atom stereocenters. The van der Waals surface area contributed by atoms with Crippen molar-refractivity contribution in [3.05, 3.63) is 65.2 Å². The zero-order valence-corrected chi connectivity index (χ0v) is 18.8. The summed E-state index contributed by atoms with van der Waals surface area (Å²) < 4.78 is 117. The van der Waals surface area contributed by atoms with Crippen LogP contribution in [-0.4, -0.2) is 28.3 Å². The molecule has 0 amide bonds. The van der Waals surface area contributed by atoms with E-state index in [9.17, 15) is 38.8 Å². The fraction of sp³-hybridized carbons (Fsp3) is 0.429. The fourth-order valence-electron chi connectivity index (χ4n) is 4.51. The van der Waals surface area contributed by atoms with Gasteiger partial charge in [0.25, 0.3) is 0 Å². The van der Waals surface area contributed by atoms with Gasteiger partial charge in [-0.05, 0) is 67.6 Å². The van der Waals surface area contributed by atoms with Gasteiger partial charge in [0.05, 0.1) is 15.7 Å². The Balaban J connectivity index is 2.23. The Labute approximate surface area is 183 Å². The maximum absolute atomic E-state index is 14.9. The number of halogens is 5. The van der Waals surface area contributed by atoms with Gasteiger partial charge < -0.3 is 0 Å². The van der Waals surface area contributed by atoms with Crippen LogP contribution < -0.4 is 0 Å². The van der Waals surface area contributed by atoms with Gasteiger partial charge in [0.2, 0.25) is 0 Å². The van der Waals surface area contributed by atoms with Crippen LogP contribution in [0.5, 0.6) is 0 Å². The molecule has 32 heavy (non-hydrogen) atoms. The number of benzene rings is 2. The highest BCUT2D eigenvalue weighted by atomic mass is 32.2. The minimum absolute atomic E-state index is 0.126. The summed E-state index contributed by atoms with van der Waals surface area (Å²) in [5.41, 5.74) is -1.52. The van der Waals surface area contributed by atoms with Gasteiger partial charge in [-0.3, -0.25) is 0 Å². The lowest BCUT2D eigenvalue weighted by molar-refractivity contribution is -0.137. The van der Waals surface area contributed by atoms with Gasteiger partial charge >= 0.3 is 6.18 Å². The van der Waals surface area contributed by atoms with E-state index in [2.05, 4.69) is 0 Å². The van der Waals surface area contributed by atoms with Crippen LogP contribution in [0.1, 0.15) is 37.3 Å². The summed E-state index contributed by atoms with van der Waals surface area (Å²) in [6.45, 7) is 1.43. The van der Waals surface area contributed by atoms with E-state index in [1.165, 1.54) is 6.92 Å². The van der Waals surface area contributed by atoms with Crippen molar-refractivity contribution in [2.45, 2.75) is 47.3 Å². The van der Waals surface area contributed by atoms with E-state index in [1.54, 1.807) is 0 Å². The summed E-state index contributed by atoms with van der Waals surface area (Å²) in [7, 11) is -8.09. The predicted octanol–water partition coefficient (Wildman–Crippen LogP) is 4.89. The normalized spacial score (nSPS) is 25.0. The smallest absolute Gasteiger partial charge is 0.229 e. The maximum Gasteiger partial charge on any atom is 0.416 e. The van der Waals surface area contributed by atoms with Crippen molar-refractivity contribution in [3.63, 3.8) is 0 Å². The lowest BCUT2D eigenvalue weighted by Crippen LogP contribution is -2.48. The van der Waals surface area contributed by atoms with Crippen LogP contribution in [0.4, 0.5) is 22.0 Å². The van der Waals surface area contributed by atoms with Crippen LogP contribution in [0.2, 0.25) is 0 Å². The second-order valence-corrected chi connectivity index (χ2v) is 12.7. The van der Waals surface area contributed by atoms with Crippen molar-refractivity contribution in [3.8, 4) is 0 Å². The zero-order valence-electron chi connectivity index (χ0n) is 17.2. The summed E-state index contributed by atoms with van der Waals surface area (Å²) in [4.78, 5) is -0.487.